The number of nitrogens with two attached hydrogens (primary N) is 1. The highest BCUT2D eigenvalue weighted by Crippen LogP contribution is 2.31. The summed E-state index contributed by atoms with van der Waals surface area (Å²) in [7, 11) is 0. The van der Waals surface area contributed by atoms with E-state index in [-0.39, 0.29) is 13.0 Å². The molecule has 0 saturated carbocycles. The van der Waals surface area contributed by atoms with Crippen molar-refractivity contribution < 1.29 is 19.4 Å². The average molecular weight is 322 g/mol. The van der Waals surface area contributed by atoms with Gasteiger partial charge in [0.15, 0.2) is 0 Å². The molecule has 0 aliphatic heterocycles. The number of benzene rings is 1. The Morgan fingerprint density at radius 1 is 1.26 bits per heavy atom. The normalized spacial score (nSPS) is 14.0. The van der Waals surface area contributed by atoms with Crippen LogP contribution in [0.2, 0.25) is 0 Å². The van der Waals surface area contributed by atoms with Gasteiger partial charge in [-0.2, -0.15) is 0 Å². The molecule has 0 bridgehead atoms. The number of aryl methyl sites for hydroxylation is 1. The summed E-state index contributed by atoms with van der Waals surface area (Å²) in [4.78, 5) is 23.2. The molecule has 0 aliphatic carbocycles. The summed E-state index contributed by atoms with van der Waals surface area (Å²) in [6.07, 6.45) is -0.705. The number of anilines is 1. The molecule has 128 valence electrons. The van der Waals surface area contributed by atoms with Crippen molar-refractivity contribution in [2.24, 2.45) is 0 Å². The molecule has 1 atom stereocenters. The number of carboxylic acids is 1. The van der Waals surface area contributed by atoms with Crippen LogP contribution in [0, 0.1) is 6.92 Å². The van der Waals surface area contributed by atoms with Gasteiger partial charge < -0.3 is 20.9 Å². The molecule has 6 nitrogen and oxygen atoms in total. The van der Waals surface area contributed by atoms with E-state index in [1.807, 2.05) is 13.0 Å². The minimum atomic E-state index is -0.944. The van der Waals surface area contributed by atoms with E-state index in [0.717, 1.165) is 11.1 Å². The molecule has 0 radical (unpaired) electrons. The lowest BCUT2D eigenvalue weighted by Crippen LogP contribution is -2.42. The molecular weight excluding hydrogens is 296 g/mol. The third-order valence-electron chi connectivity index (χ3n) is 3.48. The summed E-state index contributed by atoms with van der Waals surface area (Å²) in [5, 5.41) is 11.9. The van der Waals surface area contributed by atoms with Crippen molar-refractivity contribution in [3.63, 3.8) is 0 Å². The van der Waals surface area contributed by atoms with E-state index >= 15 is 0 Å². The van der Waals surface area contributed by atoms with Crippen LogP contribution >= 0.6 is 0 Å². The van der Waals surface area contributed by atoms with Gasteiger partial charge in [0.05, 0.1) is 6.42 Å². The number of carbonyl (C=O) groups excluding carboxylic acids is 1. The molecule has 1 aromatic carbocycles. The summed E-state index contributed by atoms with van der Waals surface area (Å²) in [6, 6.07) is 5.37. The number of nitrogen functional groups attached to an aromatic ring is 1. The predicted molar refractivity (Wildman–Crippen MR) is 89.4 cm³/mol. The predicted octanol–water partition coefficient (Wildman–Crippen LogP) is 2.83. The summed E-state index contributed by atoms with van der Waals surface area (Å²) in [6.45, 7) is 9.13. The van der Waals surface area contributed by atoms with Crippen molar-refractivity contribution in [3.05, 3.63) is 29.3 Å². The summed E-state index contributed by atoms with van der Waals surface area (Å²) < 4.78 is 5.21. The van der Waals surface area contributed by atoms with Gasteiger partial charge in [-0.15, -0.1) is 0 Å². The molecule has 23 heavy (non-hydrogen) atoms. The van der Waals surface area contributed by atoms with Gasteiger partial charge in [-0.3, -0.25) is 4.79 Å². The zero-order valence-corrected chi connectivity index (χ0v) is 14.4. The van der Waals surface area contributed by atoms with Crippen molar-refractivity contribution in [2.45, 2.75) is 52.1 Å². The third kappa shape index (κ3) is 5.81. The molecule has 1 aromatic rings. The summed E-state index contributed by atoms with van der Waals surface area (Å²) >= 11 is 0. The largest absolute Gasteiger partial charge is 0.481 e. The van der Waals surface area contributed by atoms with Crippen LogP contribution in [0.4, 0.5) is 10.5 Å². The Kier molecular flexibility index (Phi) is 5.64. The summed E-state index contributed by atoms with van der Waals surface area (Å²) in [5.74, 6) is -0.944. The lowest BCUT2D eigenvalue weighted by molar-refractivity contribution is -0.138. The topological polar surface area (TPSA) is 102 Å². The highest BCUT2D eigenvalue weighted by molar-refractivity contribution is 5.71. The molecule has 0 aromatic heterocycles. The van der Waals surface area contributed by atoms with Gasteiger partial charge in [-0.25, -0.2) is 4.79 Å². The molecule has 0 saturated heterocycles. The highest BCUT2D eigenvalue weighted by Gasteiger charge is 2.32. The fourth-order valence-corrected chi connectivity index (χ4v) is 2.46. The summed E-state index contributed by atoms with van der Waals surface area (Å²) in [5.41, 5.74) is 6.72. The Bertz CT molecular complexity index is 593. The van der Waals surface area contributed by atoms with Crippen molar-refractivity contribution in [1.82, 2.24) is 5.32 Å². The molecule has 0 heterocycles. The molecule has 0 spiro atoms. The Morgan fingerprint density at radius 2 is 1.87 bits per heavy atom. The number of carboxylic acid groups (broad SMARTS) is 1. The first-order valence-electron chi connectivity index (χ1n) is 7.48. The second-order valence-corrected chi connectivity index (χ2v) is 7.06. The fraction of sp³-hybridized carbons (Fsp3) is 0.529. The van der Waals surface area contributed by atoms with E-state index in [2.05, 4.69) is 5.32 Å². The Labute approximate surface area is 137 Å². The number of aliphatic carboxylic acids is 1. The number of hydrogen-bond acceptors (Lipinski definition) is 4. The van der Waals surface area contributed by atoms with Crippen LogP contribution in [0.15, 0.2) is 18.2 Å². The van der Waals surface area contributed by atoms with E-state index in [0.29, 0.717) is 5.69 Å². The molecule has 1 amide bonds. The number of alkyl carbamates (subject to hydrolysis) is 1. The number of amides is 1. The number of ether oxygens (including phenoxy) is 1. The zero-order valence-electron chi connectivity index (χ0n) is 14.4. The van der Waals surface area contributed by atoms with E-state index in [1.54, 1.807) is 39.8 Å². The number of hydrogen-bond donors (Lipinski definition) is 3. The average Bonchev–Trinajstić information content (AvgIpc) is 2.36. The van der Waals surface area contributed by atoms with Gasteiger partial charge in [0.2, 0.25) is 0 Å². The van der Waals surface area contributed by atoms with Crippen LogP contribution in [0.3, 0.4) is 0 Å². The van der Waals surface area contributed by atoms with Crippen LogP contribution in [0.25, 0.3) is 0 Å². The van der Waals surface area contributed by atoms with Crippen LogP contribution < -0.4 is 11.1 Å². The lowest BCUT2D eigenvalue weighted by Gasteiger charge is -2.31. The van der Waals surface area contributed by atoms with Crippen LogP contribution in [-0.4, -0.2) is 29.3 Å². The molecule has 1 rings (SSSR count). The van der Waals surface area contributed by atoms with Gasteiger partial charge in [0.25, 0.3) is 0 Å². The molecule has 0 fully saturated rings. The van der Waals surface area contributed by atoms with E-state index < -0.39 is 23.1 Å². The zero-order chi connectivity index (χ0) is 17.8. The fourth-order valence-electron chi connectivity index (χ4n) is 2.46. The Morgan fingerprint density at radius 3 is 2.39 bits per heavy atom. The molecular formula is C17H26N2O4. The SMILES string of the molecule is Cc1ccc(N)cc1C(C)(CNC(=O)OC(C)(C)C)CC(=O)O. The lowest BCUT2D eigenvalue weighted by atomic mass is 9.77. The van der Waals surface area contributed by atoms with Gasteiger partial charge in [-0.05, 0) is 51.0 Å². The maximum absolute atomic E-state index is 11.9. The van der Waals surface area contributed by atoms with Crippen molar-refractivity contribution in [2.75, 3.05) is 12.3 Å². The van der Waals surface area contributed by atoms with Crippen molar-refractivity contribution >= 4 is 17.7 Å². The number of nitrogens with one attached hydrogen (secondary N) is 1. The molecule has 1 unspecified atom stereocenters. The van der Waals surface area contributed by atoms with E-state index in [9.17, 15) is 14.7 Å². The van der Waals surface area contributed by atoms with Gasteiger partial charge in [0.1, 0.15) is 5.60 Å². The van der Waals surface area contributed by atoms with Crippen LogP contribution in [0.1, 0.15) is 45.2 Å². The van der Waals surface area contributed by atoms with Crippen LogP contribution in [-0.2, 0) is 14.9 Å². The quantitative estimate of drug-likeness (QED) is 0.724. The highest BCUT2D eigenvalue weighted by atomic mass is 16.6. The third-order valence-corrected chi connectivity index (χ3v) is 3.48. The Balaban J connectivity index is 3.01. The minimum Gasteiger partial charge on any atom is -0.481 e. The first kappa shape index (κ1) is 18.8. The van der Waals surface area contributed by atoms with Crippen molar-refractivity contribution in [3.8, 4) is 0 Å². The van der Waals surface area contributed by atoms with Gasteiger partial charge in [0, 0.05) is 17.6 Å². The minimum absolute atomic E-state index is 0.132. The van der Waals surface area contributed by atoms with Crippen LogP contribution in [0.5, 0.6) is 0 Å². The number of rotatable bonds is 5. The maximum atomic E-state index is 11.9. The second-order valence-electron chi connectivity index (χ2n) is 7.06. The second kappa shape index (κ2) is 6.89. The molecule has 0 aliphatic rings. The molecule has 6 heteroatoms. The maximum Gasteiger partial charge on any atom is 0.407 e. The monoisotopic (exact) mass is 322 g/mol. The van der Waals surface area contributed by atoms with E-state index in [4.69, 9.17) is 10.5 Å². The van der Waals surface area contributed by atoms with E-state index in [1.165, 1.54) is 0 Å². The number of carbonyl (C=O) groups is 2. The standard InChI is InChI=1S/C17H26N2O4/c1-11-6-7-12(18)8-13(11)17(5,9-14(20)21)10-19-15(22)23-16(2,3)4/h6-8H,9-10,18H2,1-5H3,(H,19,22)(H,20,21). The van der Waals surface area contributed by atoms with Gasteiger partial charge >= 0.3 is 12.1 Å². The Hall–Kier alpha value is -2.24. The van der Waals surface area contributed by atoms with Crippen molar-refractivity contribution in [1.29, 1.82) is 0 Å². The smallest absolute Gasteiger partial charge is 0.407 e. The first-order valence-corrected chi connectivity index (χ1v) is 7.48. The first-order chi connectivity index (χ1) is 10.4. The van der Waals surface area contributed by atoms with Gasteiger partial charge in [-0.1, -0.05) is 13.0 Å². The molecule has 4 N–H and O–H groups in total.